The normalized spacial score (nSPS) is 11.1. The van der Waals surface area contributed by atoms with Gasteiger partial charge < -0.3 is 4.74 Å². The fourth-order valence-corrected chi connectivity index (χ4v) is 7.69. The van der Waals surface area contributed by atoms with E-state index >= 15 is 0 Å². The molecule has 0 radical (unpaired) electrons. The van der Waals surface area contributed by atoms with Crippen LogP contribution >= 0.6 is 0 Å². The Morgan fingerprint density at radius 1 is 0.509 bits per heavy atom. The van der Waals surface area contributed by atoms with E-state index in [-0.39, 0.29) is 0 Å². The van der Waals surface area contributed by atoms with Gasteiger partial charge >= 0.3 is 0 Å². The minimum absolute atomic E-state index is 0.600. The van der Waals surface area contributed by atoms with Crippen LogP contribution in [-0.2, 0) is 0 Å². The molecule has 7 heteroatoms. The maximum atomic E-state index is 9.71. The van der Waals surface area contributed by atoms with Crippen LogP contribution in [0.4, 0.5) is 0 Å². The molecule has 0 unspecified atom stereocenters. The van der Waals surface area contributed by atoms with E-state index in [2.05, 4.69) is 122 Å². The van der Waals surface area contributed by atoms with Gasteiger partial charge in [0.2, 0.25) is 0 Å². The number of aromatic nitrogens is 5. The van der Waals surface area contributed by atoms with Crippen LogP contribution in [-0.4, -0.2) is 24.3 Å². The Morgan fingerprint density at radius 3 is 1.88 bits per heavy atom. The number of rotatable bonds is 8. The molecule has 0 bridgehead atoms. The molecule has 0 aliphatic heterocycles. The summed E-state index contributed by atoms with van der Waals surface area (Å²) in [6.45, 7) is 0. The second-order valence-corrected chi connectivity index (χ2v) is 13.7. The van der Waals surface area contributed by atoms with Gasteiger partial charge in [-0.1, -0.05) is 115 Å². The van der Waals surface area contributed by atoms with E-state index in [1.807, 2.05) is 84.9 Å². The summed E-state index contributed by atoms with van der Waals surface area (Å²) < 4.78 is 11.0. The minimum atomic E-state index is 0.600. The highest BCUT2D eigenvalue weighted by atomic mass is 16.5. The molecule has 0 atom stereocenters. The highest BCUT2D eigenvalue weighted by Crippen LogP contribution is 2.40. The summed E-state index contributed by atoms with van der Waals surface area (Å²) >= 11 is 0. The average Bonchev–Trinajstić information content (AvgIpc) is 3.90. The first-order valence-electron chi connectivity index (χ1n) is 18.6. The van der Waals surface area contributed by atoms with E-state index in [4.69, 9.17) is 9.84 Å². The van der Waals surface area contributed by atoms with Gasteiger partial charge in [-0.25, -0.2) is 4.98 Å². The lowest BCUT2D eigenvalue weighted by molar-refractivity contribution is 0.483. The van der Waals surface area contributed by atoms with Crippen molar-refractivity contribution in [1.82, 2.24) is 24.3 Å². The smallest absolute Gasteiger partial charge is 0.168 e. The number of nitrogens with zero attached hydrogens (tertiary/aromatic N) is 6. The second kappa shape index (κ2) is 14.3. The highest BCUT2D eigenvalue weighted by Gasteiger charge is 2.20. The quantitative estimate of drug-likeness (QED) is 0.155. The van der Waals surface area contributed by atoms with Crippen molar-refractivity contribution < 1.29 is 4.74 Å². The van der Waals surface area contributed by atoms with E-state index in [1.165, 1.54) is 0 Å². The van der Waals surface area contributed by atoms with Crippen molar-refractivity contribution in [3.05, 3.63) is 200 Å². The number of benzene rings is 7. The Labute approximate surface area is 329 Å². The lowest BCUT2D eigenvalue weighted by Gasteiger charge is -2.18. The van der Waals surface area contributed by atoms with E-state index in [0.29, 0.717) is 22.9 Å². The fraction of sp³-hybridized carbons (Fsp3) is 0. The molecule has 3 aromatic heterocycles. The van der Waals surface area contributed by atoms with E-state index in [0.717, 1.165) is 72.3 Å². The van der Waals surface area contributed by atoms with Gasteiger partial charge in [-0.05, 0) is 82.9 Å². The van der Waals surface area contributed by atoms with Gasteiger partial charge in [-0.3, -0.25) is 9.13 Å². The molecule has 57 heavy (non-hydrogen) atoms. The third kappa shape index (κ3) is 6.18. The zero-order valence-electron chi connectivity index (χ0n) is 30.6. The molecule has 7 nitrogen and oxygen atoms in total. The van der Waals surface area contributed by atoms with Crippen LogP contribution in [0.3, 0.4) is 0 Å². The average molecular weight is 733 g/mol. The monoisotopic (exact) mass is 732 g/mol. The molecule has 0 fully saturated rings. The summed E-state index contributed by atoms with van der Waals surface area (Å²) in [6, 6.07) is 63.7. The molecule has 0 spiro atoms. The van der Waals surface area contributed by atoms with Crippen LogP contribution in [0.2, 0.25) is 0 Å². The number of para-hydroxylation sites is 1. The van der Waals surface area contributed by atoms with Crippen molar-refractivity contribution in [3.63, 3.8) is 0 Å². The maximum absolute atomic E-state index is 9.71. The number of hydrogen-bond donors (Lipinski definition) is 0. The van der Waals surface area contributed by atoms with Gasteiger partial charge in [-0.2, -0.15) is 5.26 Å². The van der Waals surface area contributed by atoms with Crippen molar-refractivity contribution in [2.45, 2.75) is 0 Å². The van der Waals surface area contributed by atoms with Crippen molar-refractivity contribution in [3.8, 4) is 73.8 Å². The summed E-state index contributed by atoms with van der Waals surface area (Å²) in [4.78, 5) is 4.69. The standard InChI is InChI=1S/C50H32N6O/c51-32-34-22-25-46-45(27-34)44-24-23-40(31-47(44)56(46)48-21-10-11-26-52-48)57-41-29-38(35-13-4-1-5-14-35)28-39(30-41)50-54-53-33-55(50)49-42(36-15-6-2-7-16-36)19-12-20-43(49)37-17-8-3-9-18-37/h1-31,33H. The molecule has 0 saturated carbocycles. The first-order chi connectivity index (χ1) is 28.2. The lowest BCUT2D eigenvalue weighted by atomic mass is 9.95. The predicted octanol–water partition coefficient (Wildman–Crippen LogP) is 12.1. The first kappa shape index (κ1) is 33.5. The minimum Gasteiger partial charge on any atom is -0.457 e. The van der Waals surface area contributed by atoms with Crippen molar-refractivity contribution >= 4 is 21.8 Å². The molecular weight excluding hydrogens is 701 g/mol. The Hall–Kier alpha value is -8.08. The van der Waals surface area contributed by atoms with Gasteiger partial charge in [0.15, 0.2) is 5.82 Å². The van der Waals surface area contributed by atoms with Gasteiger partial charge in [0, 0.05) is 39.7 Å². The molecule has 0 aliphatic carbocycles. The lowest BCUT2D eigenvalue weighted by Crippen LogP contribution is -2.02. The molecule has 0 N–H and O–H groups in total. The number of hydrogen-bond acceptors (Lipinski definition) is 5. The SMILES string of the molecule is N#Cc1ccc2c(c1)c1ccc(Oc3cc(-c4ccccc4)cc(-c4nncn4-c4c(-c5ccccc5)cccc4-c4ccccc4)c3)cc1n2-c1ccccn1. The molecule has 7 aromatic carbocycles. The van der Waals surface area contributed by atoms with Crippen LogP contribution in [0.5, 0.6) is 11.5 Å². The van der Waals surface area contributed by atoms with Crippen LogP contribution in [0, 0.1) is 11.3 Å². The molecule has 268 valence electrons. The fourth-order valence-electron chi connectivity index (χ4n) is 7.69. The molecular formula is C50H32N6O. The maximum Gasteiger partial charge on any atom is 0.168 e. The first-order valence-corrected chi connectivity index (χ1v) is 18.6. The Morgan fingerprint density at radius 2 is 1.19 bits per heavy atom. The summed E-state index contributed by atoms with van der Waals surface area (Å²) in [5.41, 5.74) is 10.6. The summed E-state index contributed by atoms with van der Waals surface area (Å²) in [6.07, 6.45) is 3.58. The van der Waals surface area contributed by atoms with Gasteiger partial charge in [-0.15, -0.1) is 10.2 Å². The molecule has 10 aromatic rings. The van der Waals surface area contributed by atoms with E-state index in [1.54, 1.807) is 12.5 Å². The number of ether oxygens (including phenoxy) is 1. The topological polar surface area (TPSA) is 81.5 Å². The highest BCUT2D eigenvalue weighted by molar-refractivity contribution is 6.10. The van der Waals surface area contributed by atoms with Crippen LogP contribution in [0.15, 0.2) is 195 Å². The zero-order valence-corrected chi connectivity index (χ0v) is 30.6. The third-order valence-corrected chi connectivity index (χ3v) is 10.2. The third-order valence-electron chi connectivity index (χ3n) is 10.2. The largest absolute Gasteiger partial charge is 0.457 e. The van der Waals surface area contributed by atoms with Crippen LogP contribution in [0.1, 0.15) is 5.56 Å². The molecule has 0 saturated heterocycles. The zero-order chi connectivity index (χ0) is 38.1. The molecule has 0 amide bonds. The number of nitriles is 1. The van der Waals surface area contributed by atoms with Gasteiger partial charge in [0.1, 0.15) is 23.6 Å². The Bertz CT molecular complexity index is 3040. The van der Waals surface area contributed by atoms with Crippen molar-refractivity contribution in [2.24, 2.45) is 0 Å². The molecule has 0 aliphatic rings. The van der Waals surface area contributed by atoms with E-state index < -0.39 is 0 Å². The Balaban J connectivity index is 1.14. The summed E-state index contributed by atoms with van der Waals surface area (Å²) in [7, 11) is 0. The van der Waals surface area contributed by atoms with Crippen LogP contribution in [0.25, 0.3) is 78.1 Å². The second-order valence-electron chi connectivity index (χ2n) is 13.7. The molecule has 10 rings (SSSR count). The molecule has 3 heterocycles. The summed E-state index contributed by atoms with van der Waals surface area (Å²) in [5.74, 6) is 2.75. The number of pyridine rings is 1. The van der Waals surface area contributed by atoms with Gasteiger partial charge in [0.25, 0.3) is 0 Å². The van der Waals surface area contributed by atoms with Crippen molar-refractivity contribution in [2.75, 3.05) is 0 Å². The van der Waals surface area contributed by atoms with Gasteiger partial charge in [0.05, 0.1) is 28.4 Å². The van der Waals surface area contributed by atoms with E-state index in [9.17, 15) is 5.26 Å². The van der Waals surface area contributed by atoms with Crippen LogP contribution < -0.4 is 4.74 Å². The predicted molar refractivity (Wildman–Crippen MR) is 226 cm³/mol. The Kier molecular flexibility index (Phi) is 8.40. The van der Waals surface area contributed by atoms with Crippen molar-refractivity contribution in [1.29, 1.82) is 5.26 Å². The number of fused-ring (bicyclic) bond motifs is 3. The summed E-state index contributed by atoms with van der Waals surface area (Å²) in [5, 5.41) is 21.0.